The maximum Gasteiger partial charge on any atom is 0.432 e. The molecule has 18 heavy (non-hydrogen) atoms. The smallest absolute Gasteiger partial charge is 0.432 e. The van der Waals surface area contributed by atoms with E-state index in [1.807, 2.05) is 0 Å². The van der Waals surface area contributed by atoms with Crippen molar-refractivity contribution < 1.29 is 44.1 Å². The maximum atomic E-state index is 12.9. The van der Waals surface area contributed by atoms with Crippen molar-refractivity contribution in [1.82, 2.24) is 0 Å². The average Bonchev–Trinajstić information content (AvgIpc) is 2.62. The van der Waals surface area contributed by atoms with Crippen LogP contribution in [-0.2, 0) is 10.1 Å². The van der Waals surface area contributed by atoms with Crippen molar-refractivity contribution in [1.29, 1.82) is 0 Å². The summed E-state index contributed by atoms with van der Waals surface area (Å²) in [5, 5.41) is -5.68. The minimum atomic E-state index is -6.56. The van der Waals surface area contributed by atoms with Gasteiger partial charge in [-0.05, 0) is 6.07 Å². The lowest BCUT2D eigenvalue weighted by molar-refractivity contribution is -0.242. The predicted molar refractivity (Wildman–Crippen MR) is 43.8 cm³/mol. The minimum absolute atomic E-state index is 0.742. The first-order valence-electron chi connectivity index (χ1n) is 4.06. The summed E-state index contributed by atoms with van der Waals surface area (Å²) < 4.78 is 101. The third kappa shape index (κ3) is 2.90. The zero-order valence-corrected chi connectivity index (χ0v) is 8.97. The molecule has 1 heterocycles. The summed E-state index contributed by atoms with van der Waals surface area (Å²) in [4.78, 5) is 0. The second-order valence-corrected chi connectivity index (χ2v) is 4.44. The van der Waals surface area contributed by atoms with Gasteiger partial charge < -0.3 is 13.7 Å². The lowest BCUT2D eigenvalue weighted by Crippen LogP contribution is -2.53. The van der Waals surface area contributed by atoms with Crippen molar-refractivity contribution in [2.45, 2.75) is 17.5 Å². The number of halogens is 5. The Morgan fingerprint density at radius 3 is 2.17 bits per heavy atom. The first kappa shape index (κ1) is 14.7. The largest absolute Gasteiger partial charge is 0.743 e. The standard InChI is InChI=1S/C7H5F5O5S/c8-6(9,10)5(7(11,12)18(13,14)15)17-4-2-1-3-16-4/h1-3,5H,(H,13,14,15)/p-1. The molecular formula is C7H4F5O5S-. The van der Waals surface area contributed by atoms with E-state index in [1.54, 1.807) is 0 Å². The molecular weight excluding hydrogens is 291 g/mol. The molecule has 0 aliphatic rings. The van der Waals surface area contributed by atoms with Crippen LogP contribution in [0.15, 0.2) is 22.8 Å². The summed E-state index contributed by atoms with van der Waals surface area (Å²) in [6.07, 6.45) is -9.13. The predicted octanol–water partition coefficient (Wildman–Crippen LogP) is 1.73. The van der Waals surface area contributed by atoms with Crippen LogP contribution in [0, 0.1) is 0 Å². The van der Waals surface area contributed by atoms with Crippen LogP contribution in [0.3, 0.4) is 0 Å². The fraction of sp³-hybridized carbons (Fsp3) is 0.429. The van der Waals surface area contributed by atoms with E-state index in [0.29, 0.717) is 0 Å². The molecule has 1 atom stereocenters. The second-order valence-electron chi connectivity index (χ2n) is 2.99. The molecule has 0 saturated heterocycles. The highest BCUT2D eigenvalue weighted by atomic mass is 32.2. The van der Waals surface area contributed by atoms with E-state index in [9.17, 15) is 34.9 Å². The minimum Gasteiger partial charge on any atom is -0.743 e. The molecule has 0 aromatic carbocycles. The zero-order chi connectivity index (χ0) is 14.2. The molecule has 0 aliphatic heterocycles. The molecule has 1 unspecified atom stereocenters. The summed E-state index contributed by atoms with van der Waals surface area (Å²) in [5.41, 5.74) is 0. The number of ether oxygens (including phenoxy) is 1. The Morgan fingerprint density at radius 1 is 1.28 bits per heavy atom. The van der Waals surface area contributed by atoms with Gasteiger partial charge in [0.2, 0.25) is 0 Å². The molecule has 0 aliphatic carbocycles. The molecule has 0 saturated carbocycles. The van der Waals surface area contributed by atoms with Gasteiger partial charge in [0.05, 0.1) is 6.26 Å². The lowest BCUT2D eigenvalue weighted by Gasteiger charge is -2.29. The van der Waals surface area contributed by atoms with E-state index in [2.05, 4.69) is 9.15 Å². The summed E-state index contributed by atoms with van der Waals surface area (Å²) in [7, 11) is -6.56. The molecule has 1 rings (SSSR count). The quantitative estimate of drug-likeness (QED) is 0.624. The van der Waals surface area contributed by atoms with Gasteiger partial charge in [-0.1, -0.05) is 0 Å². The van der Waals surface area contributed by atoms with Gasteiger partial charge >= 0.3 is 11.4 Å². The Balaban J connectivity index is 3.15. The fourth-order valence-corrected chi connectivity index (χ4v) is 1.35. The monoisotopic (exact) mass is 295 g/mol. The van der Waals surface area contributed by atoms with Gasteiger partial charge in [-0.3, -0.25) is 0 Å². The number of rotatable bonds is 4. The van der Waals surface area contributed by atoms with Gasteiger partial charge in [-0.15, -0.1) is 0 Å². The number of hydrogen-bond acceptors (Lipinski definition) is 5. The van der Waals surface area contributed by atoms with Crippen LogP contribution < -0.4 is 4.74 Å². The molecule has 1 aromatic rings. The van der Waals surface area contributed by atoms with Crippen molar-refractivity contribution in [2.75, 3.05) is 0 Å². The number of furan rings is 1. The van der Waals surface area contributed by atoms with E-state index < -0.39 is 33.6 Å². The van der Waals surface area contributed by atoms with Crippen LogP contribution >= 0.6 is 0 Å². The van der Waals surface area contributed by atoms with Crippen LogP contribution in [0.5, 0.6) is 5.95 Å². The van der Waals surface area contributed by atoms with Crippen molar-refractivity contribution >= 4 is 10.1 Å². The number of hydrogen-bond donors (Lipinski definition) is 0. The topological polar surface area (TPSA) is 79.6 Å². The Hall–Kier alpha value is -1.36. The van der Waals surface area contributed by atoms with Gasteiger partial charge in [0, 0.05) is 6.07 Å². The summed E-state index contributed by atoms with van der Waals surface area (Å²) in [5.74, 6) is -0.999. The third-order valence-electron chi connectivity index (χ3n) is 1.66. The number of alkyl halides is 5. The highest BCUT2D eigenvalue weighted by Gasteiger charge is 2.62. The van der Waals surface area contributed by atoms with Gasteiger partial charge in [0.25, 0.3) is 12.1 Å². The van der Waals surface area contributed by atoms with Crippen LogP contribution in [0.1, 0.15) is 0 Å². The van der Waals surface area contributed by atoms with E-state index in [0.717, 1.165) is 18.4 Å². The van der Waals surface area contributed by atoms with E-state index >= 15 is 0 Å². The van der Waals surface area contributed by atoms with Crippen LogP contribution in [0.4, 0.5) is 22.0 Å². The molecule has 0 radical (unpaired) electrons. The second kappa shape index (κ2) is 4.39. The Morgan fingerprint density at radius 2 is 1.83 bits per heavy atom. The summed E-state index contributed by atoms with van der Waals surface area (Å²) in [6, 6.07) is 1.76. The Bertz CT molecular complexity index is 491. The van der Waals surface area contributed by atoms with Crippen LogP contribution in [0.25, 0.3) is 0 Å². The molecule has 0 N–H and O–H groups in total. The Labute approximate surface area is 96.9 Å². The zero-order valence-electron chi connectivity index (χ0n) is 8.15. The van der Waals surface area contributed by atoms with Gasteiger partial charge in [-0.2, -0.15) is 22.0 Å². The normalized spacial score (nSPS) is 15.4. The molecule has 0 spiro atoms. The van der Waals surface area contributed by atoms with Gasteiger partial charge in [0.15, 0.2) is 10.1 Å². The third-order valence-corrected chi connectivity index (χ3v) is 2.55. The van der Waals surface area contributed by atoms with Crippen LogP contribution in [-0.4, -0.2) is 30.5 Å². The van der Waals surface area contributed by atoms with Crippen LogP contribution in [0.2, 0.25) is 0 Å². The van der Waals surface area contributed by atoms with Gasteiger partial charge in [0.1, 0.15) is 0 Å². The lowest BCUT2D eigenvalue weighted by atomic mass is 10.3. The van der Waals surface area contributed by atoms with Crippen molar-refractivity contribution in [3.05, 3.63) is 18.4 Å². The van der Waals surface area contributed by atoms with Crippen molar-refractivity contribution in [3.63, 3.8) is 0 Å². The van der Waals surface area contributed by atoms with Crippen molar-refractivity contribution in [2.24, 2.45) is 0 Å². The highest BCUT2D eigenvalue weighted by molar-refractivity contribution is 7.86. The van der Waals surface area contributed by atoms with Gasteiger partial charge in [-0.25, -0.2) is 8.42 Å². The van der Waals surface area contributed by atoms with E-state index in [-0.39, 0.29) is 0 Å². The molecule has 1 aromatic heterocycles. The average molecular weight is 295 g/mol. The molecule has 0 amide bonds. The molecule has 11 heteroatoms. The molecule has 0 fully saturated rings. The highest BCUT2D eigenvalue weighted by Crippen LogP contribution is 2.38. The maximum absolute atomic E-state index is 12.9. The molecule has 104 valence electrons. The molecule has 5 nitrogen and oxygen atoms in total. The molecule has 0 bridgehead atoms. The SMILES string of the molecule is O=S(=O)([O-])C(F)(F)C(Oc1ccco1)C(F)(F)F. The summed E-state index contributed by atoms with van der Waals surface area (Å²) in [6.45, 7) is 0. The first-order valence-corrected chi connectivity index (χ1v) is 5.47. The van der Waals surface area contributed by atoms with E-state index in [4.69, 9.17) is 0 Å². The van der Waals surface area contributed by atoms with Crippen molar-refractivity contribution in [3.8, 4) is 5.95 Å². The Kier molecular flexibility index (Phi) is 3.58. The van der Waals surface area contributed by atoms with E-state index in [1.165, 1.54) is 0 Å². The fourth-order valence-electron chi connectivity index (χ4n) is 0.904. The summed E-state index contributed by atoms with van der Waals surface area (Å²) >= 11 is 0. The first-order chi connectivity index (χ1) is 7.96.